The summed E-state index contributed by atoms with van der Waals surface area (Å²) in [6.45, 7) is 10.2. The summed E-state index contributed by atoms with van der Waals surface area (Å²) in [7, 11) is 0. The normalized spacial score (nSPS) is 17.2. The van der Waals surface area contributed by atoms with Gasteiger partial charge in [0.15, 0.2) is 0 Å². The maximum atomic E-state index is 5.72. The van der Waals surface area contributed by atoms with Gasteiger partial charge in [-0.1, -0.05) is 6.92 Å². The van der Waals surface area contributed by atoms with Crippen molar-refractivity contribution in [1.82, 2.24) is 9.80 Å². The molecule has 0 unspecified atom stereocenters. The number of anilines is 1. The van der Waals surface area contributed by atoms with Crippen molar-refractivity contribution in [2.45, 2.75) is 19.8 Å². The largest absolute Gasteiger partial charge is 0.494 e. The number of nitrogens with zero attached hydrogens (tertiary/aromatic N) is 2. The van der Waals surface area contributed by atoms with Crippen LogP contribution in [0.25, 0.3) is 0 Å². The molecule has 0 aromatic heterocycles. The minimum atomic E-state index is 0.777. The number of rotatable bonds is 7. The second kappa shape index (κ2) is 8.12. The molecule has 4 heteroatoms. The molecule has 0 radical (unpaired) electrons. The molecule has 0 bridgehead atoms. The van der Waals surface area contributed by atoms with E-state index in [0.717, 1.165) is 31.0 Å². The van der Waals surface area contributed by atoms with Crippen LogP contribution in [0.5, 0.6) is 5.75 Å². The van der Waals surface area contributed by atoms with E-state index in [0.29, 0.717) is 0 Å². The Labute approximate surface area is 122 Å². The van der Waals surface area contributed by atoms with Crippen LogP contribution < -0.4 is 10.5 Å². The standard InChI is InChI=1S/C16H27N3O/c1-2-8-18-10-12-19(13-11-18)9-3-14-20-16-6-4-15(17)5-7-16/h4-7H,2-3,8-14,17H2,1H3. The first-order valence-corrected chi connectivity index (χ1v) is 7.71. The Hall–Kier alpha value is -1.26. The second-order valence-electron chi connectivity index (χ2n) is 5.45. The fraction of sp³-hybridized carbons (Fsp3) is 0.625. The molecule has 0 spiro atoms. The fourth-order valence-corrected chi connectivity index (χ4v) is 2.59. The van der Waals surface area contributed by atoms with Crippen molar-refractivity contribution in [1.29, 1.82) is 0 Å². The monoisotopic (exact) mass is 277 g/mol. The molecule has 1 aliphatic heterocycles. The van der Waals surface area contributed by atoms with Gasteiger partial charge >= 0.3 is 0 Å². The van der Waals surface area contributed by atoms with Crippen molar-refractivity contribution < 1.29 is 4.74 Å². The number of hydrogen-bond donors (Lipinski definition) is 1. The maximum absolute atomic E-state index is 5.72. The Bertz CT molecular complexity index is 372. The highest BCUT2D eigenvalue weighted by Crippen LogP contribution is 2.13. The highest BCUT2D eigenvalue weighted by Gasteiger charge is 2.15. The quantitative estimate of drug-likeness (QED) is 0.612. The van der Waals surface area contributed by atoms with E-state index in [4.69, 9.17) is 10.5 Å². The molecule has 1 aromatic carbocycles. The van der Waals surface area contributed by atoms with E-state index in [9.17, 15) is 0 Å². The third-order valence-electron chi connectivity index (χ3n) is 3.77. The van der Waals surface area contributed by atoms with Crippen molar-refractivity contribution in [3.63, 3.8) is 0 Å². The predicted molar refractivity (Wildman–Crippen MR) is 84.1 cm³/mol. The molecule has 0 aliphatic carbocycles. The third kappa shape index (κ3) is 5.02. The zero-order valence-electron chi connectivity index (χ0n) is 12.6. The first-order chi connectivity index (χ1) is 9.78. The van der Waals surface area contributed by atoms with Crippen LogP contribution in [0.3, 0.4) is 0 Å². The Morgan fingerprint density at radius 1 is 1.00 bits per heavy atom. The summed E-state index contributed by atoms with van der Waals surface area (Å²) in [5.74, 6) is 0.909. The van der Waals surface area contributed by atoms with Gasteiger partial charge in [-0.3, -0.25) is 0 Å². The average molecular weight is 277 g/mol. The van der Waals surface area contributed by atoms with Gasteiger partial charge < -0.3 is 20.3 Å². The maximum Gasteiger partial charge on any atom is 0.119 e. The topological polar surface area (TPSA) is 41.7 Å². The second-order valence-corrected chi connectivity index (χ2v) is 5.45. The van der Waals surface area contributed by atoms with Crippen LogP contribution in [0.15, 0.2) is 24.3 Å². The summed E-state index contributed by atoms with van der Waals surface area (Å²) in [6, 6.07) is 7.61. The van der Waals surface area contributed by atoms with Crippen LogP contribution in [0.4, 0.5) is 5.69 Å². The van der Waals surface area contributed by atoms with Gasteiger partial charge in [0.2, 0.25) is 0 Å². The van der Waals surface area contributed by atoms with E-state index >= 15 is 0 Å². The molecule has 1 fully saturated rings. The molecule has 0 amide bonds. The molecular formula is C16H27N3O. The summed E-state index contributed by atoms with van der Waals surface area (Å²) in [4.78, 5) is 5.10. The number of piperazine rings is 1. The van der Waals surface area contributed by atoms with E-state index in [1.54, 1.807) is 0 Å². The minimum absolute atomic E-state index is 0.777. The van der Waals surface area contributed by atoms with E-state index < -0.39 is 0 Å². The number of nitrogen functional groups attached to an aromatic ring is 1. The van der Waals surface area contributed by atoms with E-state index in [-0.39, 0.29) is 0 Å². The molecule has 1 aromatic rings. The van der Waals surface area contributed by atoms with Gasteiger partial charge in [-0.2, -0.15) is 0 Å². The van der Waals surface area contributed by atoms with E-state index in [1.807, 2.05) is 24.3 Å². The van der Waals surface area contributed by atoms with Gasteiger partial charge in [0.1, 0.15) is 5.75 Å². The molecule has 0 saturated carbocycles. The highest BCUT2D eigenvalue weighted by atomic mass is 16.5. The summed E-state index contributed by atoms with van der Waals surface area (Å²) in [5.41, 5.74) is 6.43. The zero-order chi connectivity index (χ0) is 14.2. The van der Waals surface area contributed by atoms with Gasteiger partial charge in [0.05, 0.1) is 6.61 Å². The number of nitrogens with two attached hydrogens (primary N) is 1. The molecule has 1 saturated heterocycles. The molecule has 2 rings (SSSR count). The lowest BCUT2D eigenvalue weighted by atomic mass is 10.2. The lowest BCUT2D eigenvalue weighted by molar-refractivity contribution is 0.126. The van der Waals surface area contributed by atoms with Crippen molar-refractivity contribution in [2.24, 2.45) is 0 Å². The number of hydrogen-bond acceptors (Lipinski definition) is 4. The van der Waals surface area contributed by atoms with Crippen LogP contribution >= 0.6 is 0 Å². The minimum Gasteiger partial charge on any atom is -0.494 e. The summed E-state index contributed by atoms with van der Waals surface area (Å²) in [6.07, 6.45) is 2.34. The first-order valence-electron chi connectivity index (χ1n) is 7.71. The van der Waals surface area contributed by atoms with Crippen LogP contribution in [-0.4, -0.2) is 55.7 Å². The molecule has 1 heterocycles. The van der Waals surface area contributed by atoms with Gasteiger partial charge in [-0.05, 0) is 43.7 Å². The van der Waals surface area contributed by atoms with E-state index in [1.165, 1.54) is 39.1 Å². The predicted octanol–water partition coefficient (Wildman–Crippen LogP) is 2.07. The van der Waals surface area contributed by atoms with Gasteiger partial charge in [0, 0.05) is 38.4 Å². The molecule has 2 N–H and O–H groups in total. The summed E-state index contributed by atoms with van der Waals surface area (Å²) < 4.78 is 5.72. The smallest absolute Gasteiger partial charge is 0.119 e. The van der Waals surface area contributed by atoms with Crippen molar-refractivity contribution >= 4 is 5.69 Å². The summed E-state index contributed by atoms with van der Waals surface area (Å²) in [5, 5.41) is 0. The van der Waals surface area contributed by atoms with Gasteiger partial charge in [0.25, 0.3) is 0 Å². The van der Waals surface area contributed by atoms with E-state index in [2.05, 4.69) is 16.7 Å². The van der Waals surface area contributed by atoms with Crippen LogP contribution in [0.2, 0.25) is 0 Å². The SMILES string of the molecule is CCCN1CCN(CCCOc2ccc(N)cc2)CC1. The molecule has 20 heavy (non-hydrogen) atoms. The van der Waals surface area contributed by atoms with Crippen LogP contribution in [0.1, 0.15) is 19.8 Å². The average Bonchev–Trinajstić information content (AvgIpc) is 2.47. The lowest BCUT2D eigenvalue weighted by Crippen LogP contribution is -2.46. The number of benzene rings is 1. The van der Waals surface area contributed by atoms with Crippen LogP contribution in [-0.2, 0) is 0 Å². The molecular weight excluding hydrogens is 250 g/mol. The van der Waals surface area contributed by atoms with Gasteiger partial charge in [-0.15, -0.1) is 0 Å². The fourth-order valence-electron chi connectivity index (χ4n) is 2.59. The molecule has 4 nitrogen and oxygen atoms in total. The first kappa shape index (κ1) is 15.1. The summed E-state index contributed by atoms with van der Waals surface area (Å²) >= 11 is 0. The third-order valence-corrected chi connectivity index (χ3v) is 3.77. The Kier molecular flexibility index (Phi) is 6.15. The lowest BCUT2D eigenvalue weighted by Gasteiger charge is -2.34. The highest BCUT2D eigenvalue weighted by molar-refractivity contribution is 5.41. The molecule has 112 valence electrons. The Balaban J connectivity index is 1.56. The van der Waals surface area contributed by atoms with Crippen molar-refractivity contribution in [3.8, 4) is 5.75 Å². The van der Waals surface area contributed by atoms with Crippen molar-refractivity contribution in [3.05, 3.63) is 24.3 Å². The zero-order valence-corrected chi connectivity index (χ0v) is 12.6. The molecule has 0 atom stereocenters. The Morgan fingerprint density at radius 3 is 2.20 bits per heavy atom. The van der Waals surface area contributed by atoms with Crippen molar-refractivity contribution in [2.75, 3.05) is 51.6 Å². The van der Waals surface area contributed by atoms with Gasteiger partial charge in [-0.25, -0.2) is 0 Å². The number of ether oxygens (including phenoxy) is 1. The van der Waals surface area contributed by atoms with Crippen LogP contribution in [0, 0.1) is 0 Å². The molecule has 1 aliphatic rings. The Morgan fingerprint density at radius 2 is 1.60 bits per heavy atom.